The lowest BCUT2D eigenvalue weighted by Gasteiger charge is -2.30. The first-order valence-electron chi connectivity index (χ1n) is 6.73. The summed E-state index contributed by atoms with van der Waals surface area (Å²) in [6.07, 6.45) is -0.0888. The molecule has 0 saturated heterocycles. The average Bonchev–Trinajstić information content (AvgIpc) is 2.79. The minimum Gasteiger partial charge on any atom is -0.461 e. The highest BCUT2D eigenvalue weighted by Gasteiger charge is 2.46. The zero-order chi connectivity index (χ0) is 15.6. The standard InChI is InChI=1S/C15H18N2O4/c1-4-21-14(19)13-9-15(20,17(16-13)11(3)18)12-7-5-10(2)6-8-12/h5-8,20H,4,9H2,1-3H3. The van der Waals surface area contributed by atoms with Crippen LogP contribution in [0.1, 0.15) is 31.4 Å². The van der Waals surface area contributed by atoms with E-state index >= 15 is 0 Å². The molecule has 0 radical (unpaired) electrons. The van der Waals surface area contributed by atoms with Gasteiger partial charge < -0.3 is 9.84 Å². The van der Waals surface area contributed by atoms with E-state index in [9.17, 15) is 14.7 Å². The van der Waals surface area contributed by atoms with Gasteiger partial charge in [-0.05, 0) is 13.8 Å². The van der Waals surface area contributed by atoms with Crippen molar-refractivity contribution < 1.29 is 19.4 Å². The first-order valence-corrected chi connectivity index (χ1v) is 6.73. The number of ether oxygens (including phenoxy) is 1. The van der Waals surface area contributed by atoms with Crippen LogP contribution in [0.2, 0.25) is 0 Å². The topological polar surface area (TPSA) is 79.2 Å². The fraction of sp³-hybridized carbons (Fsp3) is 0.400. The molecule has 0 saturated carbocycles. The zero-order valence-electron chi connectivity index (χ0n) is 12.3. The maximum absolute atomic E-state index is 11.8. The smallest absolute Gasteiger partial charge is 0.354 e. The molecule has 112 valence electrons. The van der Waals surface area contributed by atoms with Gasteiger partial charge in [-0.3, -0.25) is 4.79 Å². The quantitative estimate of drug-likeness (QED) is 0.851. The molecule has 1 amide bonds. The third-order valence-electron chi connectivity index (χ3n) is 3.31. The van der Waals surface area contributed by atoms with Gasteiger partial charge in [0.25, 0.3) is 0 Å². The van der Waals surface area contributed by atoms with Crippen molar-refractivity contribution in [2.75, 3.05) is 6.61 Å². The predicted octanol–water partition coefficient (Wildman–Crippen LogP) is 1.31. The minimum absolute atomic E-state index is 0.0372. The molecule has 21 heavy (non-hydrogen) atoms. The van der Waals surface area contributed by atoms with Crippen LogP contribution in [0, 0.1) is 6.92 Å². The van der Waals surface area contributed by atoms with Crippen LogP contribution in [0.4, 0.5) is 0 Å². The monoisotopic (exact) mass is 290 g/mol. The van der Waals surface area contributed by atoms with Crippen LogP contribution in [0.5, 0.6) is 0 Å². The molecule has 1 aromatic carbocycles. The Hall–Kier alpha value is -2.21. The van der Waals surface area contributed by atoms with Crippen molar-refractivity contribution in [1.82, 2.24) is 5.01 Å². The molecule has 2 rings (SSSR count). The molecule has 0 aromatic heterocycles. The number of aliphatic hydroxyl groups is 1. The van der Waals surface area contributed by atoms with Gasteiger partial charge in [0.1, 0.15) is 0 Å². The van der Waals surface area contributed by atoms with E-state index in [1.165, 1.54) is 6.92 Å². The number of benzene rings is 1. The van der Waals surface area contributed by atoms with Crippen molar-refractivity contribution in [3.63, 3.8) is 0 Å². The summed E-state index contributed by atoms with van der Waals surface area (Å²) >= 11 is 0. The maximum atomic E-state index is 11.8. The summed E-state index contributed by atoms with van der Waals surface area (Å²) in [6.45, 7) is 5.10. The van der Waals surface area contributed by atoms with E-state index in [4.69, 9.17) is 4.74 Å². The number of rotatable bonds is 3. The Labute approximate surface area is 123 Å². The van der Waals surface area contributed by atoms with E-state index in [0.717, 1.165) is 10.6 Å². The predicted molar refractivity (Wildman–Crippen MR) is 76.3 cm³/mol. The van der Waals surface area contributed by atoms with Crippen molar-refractivity contribution >= 4 is 17.6 Å². The lowest BCUT2D eigenvalue weighted by molar-refractivity contribution is -0.155. The largest absolute Gasteiger partial charge is 0.461 e. The summed E-state index contributed by atoms with van der Waals surface area (Å²) in [5.74, 6) is -1.07. The second kappa shape index (κ2) is 5.65. The Balaban J connectivity index is 2.37. The van der Waals surface area contributed by atoms with Crippen molar-refractivity contribution in [2.45, 2.75) is 32.9 Å². The van der Waals surface area contributed by atoms with Gasteiger partial charge in [0.2, 0.25) is 5.91 Å². The highest BCUT2D eigenvalue weighted by atomic mass is 16.5. The number of amides is 1. The molecule has 1 atom stereocenters. The van der Waals surface area contributed by atoms with E-state index in [1.807, 2.05) is 19.1 Å². The first kappa shape index (κ1) is 15.2. The van der Waals surface area contributed by atoms with Crippen LogP contribution < -0.4 is 0 Å². The number of carbonyl (C=O) groups excluding carboxylic acids is 2. The third kappa shape index (κ3) is 2.80. The van der Waals surface area contributed by atoms with Crippen LogP contribution in [0.3, 0.4) is 0 Å². The fourth-order valence-electron chi connectivity index (χ4n) is 2.25. The number of hydrogen-bond donors (Lipinski definition) is 1. The molecule has 0 fully saturated rings. The van der Waals surface area contributed by atoms with Gasteiger partial charge in [-0.25, -0.2) is 4.79 Å². The van der Waals surface area contributed by atoms with Gasteiger partial charge in [0.05, 0.1) is 13.0 Å². The molecule has 1 aromatic rings. The Morgan fingerprint density at radius 1 is 1.38 bits per heavy atom. The van der Waals surface area contributed by atoms with Crippen LogP contribution >= 0.6 is 0 Å². The number of esters is 1. The summed E-state index contributed by atoms with van der Waals surface area (Å²) in [7, 11) is 0. The lowest BCUT2D eigenvalue weighted by Crippen LogP contribution is -2.42. The van der Waals surface area contributed by atoms with Gasteiger partial charge in [0.15, 0.2) is 11.4 Å². The van der Waals surface area contributed by atoms with Gasteiger partial charge >= 0.3 is 5.97 Å². The normalized spacial score (nSPS) is 21.1. The Bertz CT molecular complexity index is 594. The molecule has 1 aliphatic rings. The molecule has 1 unspecified atom stereocenters. The Morgan fingerprint density at radius 3 is 2.52 bits per heavy atom. The molecular weight excluding hydrogens is 272 g/mol. The summed E-state index contributed by atoms with van der Waals surface area (Å²) in [5.41, 5.74) is -0.0792. The van der Waals surface area contributed by atoms with E-state index in [2.05, 4.69) is 5.10 Å². The number of nitrogens with zero attached hydrogens (tertiary/aromatic N) is 2. The second-order valence-electron chi connectivity index (χ2n) is 4.96. The van der Waals surface area contributed by atoms with Crippen molar-refractivity contribution in [2.24, 2.45) is 5.10 Å². The van der Waals surface area contributed by atoms with E-state index in [-0.39, 0.29) is 18.7 Å². The number of carbonyl (C=O) groups is 2. The Kier molecular flexibility index (Phi) is 4.09. The van der Waals surface area contributed by atoms with Gasteiger partial charge in [-0.2, -0.15) is 10.1 Å². The maximum Gasteiger partial charge on any atom is 0.354 e. The van der Waals surface area contributed by atoms with Gasteiger partial charge in [-0.15, -0.1) is 0 Å². The van der Waals surface area contributed by atoms with Crippen LogP contribution in [-0.4, -0.2) is 34.3 Å². The third-order valence-corrected chi connectivity index (χ3v) is 3.31. The highest BCUT2D eigenvalue weighted by Crippen LogP contribution is 2.35. The molecule has 6 nitrogen and oxygen atoms in total. The van der Waals surface area contributed by atoms with Gasteiger partial charge in [0, 0.05) is 12.5 Å². The summed E-state index contributed by atoms with van der Waals surface area (Å²) in [6, 6.07) is 7.09. The highest BCUT2D eigenvalue weighted by molar-refractivity contribution is 6.37. The van der Waals surface area contributed by atoms with Crippen molar-refractivity contribution in [3.05, 3.63) is 35.4 Å². The summed E-state index contributed by atoms with van der Waals surface area (Å²) in [4.78, 5) is 23.5. The second-order valence-corrected chi connectivity index (χ2v) is 4.96. The SMILES string of the molecule is CCOC(=O)C1=NN(C(C)=O)C(O)(c2ccc(C)cc2)C1. The molecule has 1 aliphatic heterocycles. The summed E-state index contributed by atoms with van der Waals surface area (Å²) in [5, 5.41) is 15.7. The van der Waals surface area contributed by atoms with Crippen LogP contribution in [0.25, 0.3) is 0 Å². The van der Waals surface area contributed by atoms with Crippen molar-refractivity contribution in [1.29, 1.82) is 0 Å². The van der Waals surface area contributed by atoms with Crippen LogP contribution in [-0.2, 0) is 20.1 Å². The molecule has 1 heterocycles. The Morgan fingerprint density at radius 2 is 2.00 bits per heavy atom. The molecule has 0 aliphatic carbocycles. The number of aryl methyl sites for hydroxylation is 1. The minimum atomic E-state index is -1.65. The molecular formula is C15H18N2O4. The fourth-order valence-corrected chi connectivity index (χ4v) is 2.25. The zero-order valence-corrected chi connectivity index (χ0v) is 12.3. The first-order chi connectivity index (χ1) is 9.88. The molecule has 1 N–H and O–H groups in total. The van der Waals surface area contributed by atoms with Gasteiger partial charge in [-0.1, -0.05) is 29.8 Å². The lowest BCUT2D eigenvalue weighted by atomic mass is 9.96. The number of hydrogen-bond acceptors (Lipinski definition) is 5. The molecule has 6 heteroatoms. The van der Waals surface area contributed by atoms with E-state index in [1.54, 1.807) is 19.1 Å². The molecule has 0 bridgehead atoms. The summed E-state index contributed by atoms with van der Waals surface area (Å²) < 4.78 is 4.88. The van der Waals surface area contributed by atoms with Crippen molar-refractivity contribution in [3.8, 4) is 0 Å². The van der Waals surface area contributed by atoms with E-state index in [0.29, 0.717) is 5.56 Å². The molecule has 0 spiro atoms. The van der Waals surface area contributed by atoms with E-state index < -0.39 is 17.6 Å². The number of hydrazone groups is 1. The van der Waals surface area contributed by atoms with Crippen LogP contribution in [0.15, 0.2) is 29.4 Å². The average molecular weight is 290 g/mol.